The molecule has 12 heavy (non-hydrogen) atoms. The molecule has 0 aromatic carbocycles. The first-order chi connectivity index (χ1) is 5.79. The molecule has 0 fully saturated rings. The van der Waals surface area contributed by atoms with Gasteiger partial charge in [-0.25, -0.2) is 4.98 Å². The molecule has 0 amide bonds. The Morgan fingerprint density at radius 1 is 1.58 bits per heavy atom. The zero-order valence-electron chi connectivity index (χ0n) is 6.86. The van der Waals surface area contributed by atoms with Crippen LogP contribution in [0.1, 0.15) is 11.3 Å². The van der Waals surface area contributed by atoms with E-state index in [1.54, 1.807) is 0 Å². The third kappa shape index (κ3) is 1.08. The summed E-state index contributed by atoms with van der Waals surface area (Å²) < 4.78 is 1.90. The molecular weight excluding hydrogens is 152 g/mol. The van der Waals surface area contributed by atoms with Crippen LogP contribution in [0.15, 0.2) is 24.5 Å². The summed E-state index contributed by atoms with van der Waals surface area (Å²) in [5, 5.41) is 8.83. The molecule has 3 nitrogen and oxygen atoms in total. The maximum atomic E-state index is 8.83. The van der Waals surface area contributed by atoms with Gasteiger partial charge in [-0.05, 0) is 24.6 Å². The fourth-order valence-corrected chi connectivity index (χ4v) is 1.21. The number of aliphatic hydroxyl groups excluding tert-OH is 1. The first-order valence-electron chi connectivity index (χ1n) is 3.85. The van der Waals surface area contributed by atoms with Crippen molar-refractivity contribution < 1.29 is 5.11 Å². The van der Waals surface area contributed by atoms with Crippen molar-refractivity contribution in [1.82, 2.24) is 9.38 Å². The summed E-state index contributed by atoms with van der Waals surface area (Å²) in [7, 11) is 0. The van der Waals surface area contributed by atoms with E-state index in [1.165, 1.54) is 5.56 Å². The Morgan fingerprint density at radius 2 is 2.42 bits per heavy atom. The molecule has 0 aliphatic carbocycles. The van der Waals surface area contributed by atoms with Crippen molar-refractivity contribution in [3.63, 3.8) is 0 Å². The first kappa shape index (κ1) is 7.31. The first-order valence-corrected chi connectivity index (χ1v) is 3.85. The molecule has 0 aliphatic heterocycles. The van der Waals surface area contributed by atoms with Crippen LogP contribution in [0.5, 0.6) is 0 Å². The lowest BCUT2D eigenvalue weighted by atomic mass is 10.3. The van der Waals surface area contributed by atoms with Gasteiger partial charge in [-0.1, -0.05) is 0 Å². The van der Waals surface area contributed by atoms with Gasteiger partial charge in [0.15, 0.2) is 0 Å². The maximum absolute atomic E-state index is 8.83. The van der Waals surface area contributed by atoms with E-state index in [0.717, 1.165) is 5.65 Å². The van der Waals surface area contributed by atoms with Gasteiger partial charge in [-0.2, -0.15) is 0 Å². The zero-order chi connectivity index (χ0) is 8.55. The molecule has 2 aromatic heterocycles. The number of pyridine rings is 1. The molecule has 0 radical (unpaired) electrons. The normalized spacial score (nSPS) is 10.8. The molecule has 1 N–H and O–H groups in total. The van der Waals surface area contributed by atoms with Crippen molar-refractivity contribution in [1.29, 1.82) is 0 Å². The number of aryl methyl sites for hydroxylation is 1. The molecule has 2 rings (SSSR count). The summed E-state index contributed by atoms with van der Waals surface area (Å²) in [6.07, 6.45) is 3.77. The second-order valence-electron chi connectivity index (χ2n) is 2.86. The fraction of sp³-hybridized carbons (Fsp3) is 0.222. The third-order valence-electron chi connectivity index (χ3n) is 1.83. The van der Waals surface area contributed by atoms with E-state index in [1.807, 2.05) is 35.9 Å². The molecule has 0 bridgehead atoms. The summed E-state index contributed by atoms with van der Waals surface area (Å²) in [5.74, 6) is 0. The third-order valence-corrected chi connectivity index (χ3v) is 1.83. The van der Waals surface area contributed by atoms with Gasteiger partial charge in [-0.15, -0.1) is 0 Å². The van der Waals surface area contributed by atoms with Crippen molar-refractivity contribution in [2.24, 2.45) is 0 Å². The maximum Gasteiger partial charge on any atom is 0.137 e. The monoisotopic (exact) mass is 162 g/mol. The van der Waals surface area contributed by atoms with Gasteiger partial charge in [0.2, 0.25) is 0 Å². The second-order valence-corrected chi connectivity index (χ2v) is 2.86. The number of aliphatic hydroxyl groups is 1. The molecule has 0 atom stereocenters. The highest BCUT2D eigenvalue weighted by atomic mass is 16.3. The summed E-state index contributed by atoms with van der Waals surface area (Å²) in [5.41, 5.74) is 2.78. The number of hydrogen-bond donors (Lipinski definition) is 1. The topological polar surface area (TPSA) is 37.5 Å². The van der Waals surface area contributed by atoms with Gasteiger partial charge in [-0.3, -0.25) is 0 Å². The molecule has 0 saturated heterocycles. The fourth-order valence-electron chi connectivity index (χ4n) is 1.21. The van der Waals surface area contributed by atoms with Gasteiger partial charge in [0.05, 0.1) is 12.3 Å². The van der Waals surface area contributed by atoms with Crippen LogP contribution in [-0.2, 0) is 6.61 Å². The highest BCUT2D eigenvalue weighted by molar-refractivity contribution is 5.42. The summed E-state index contributed by atoms with van der Waals surface area (Å²) in [4.78, 5) is 4.20. The quantitative estimate of drug-likeness (QED) is 0.682. The van der Waals surface area contributed by atoms with E-state index in [-0.39, 0.29) is 6.61 Å². The number of fused-ring (bicyclic) bond motifs is 1. The van der Waals surface area contributed by atoms with E-state index < -0.39 is 0 Å². The standard InChI is InChI=1S/C9H10N2O/c1-7-2-3-11-5-8(6-12)10-9(11)4-7/h2-5,12H,6H2,1H3. The van der Waals surface area contributed by atoms with Crippen LogP contribution < -0.4 is 0 Å². The molecular formula is C9H10N2O. The van der Waals surface area contributed by atoms with Crippen molar-refractivity contribution in [2.75, 3.05) is 0 Å². The SMILES string of the molecule is Cc1ccn2cc(CO)nc2c1. The minimum atomic E-state index is 0.000722. The van der Waals surface area contributed by atoms with Crippen LogP contribution in [-0.4, -0.2) is 14.5 Å². The molecule has 0 unspecified atom stereocenters. The van der Waals surface area contributed by atoms with Crippen molar-refractivity contribution in [3.05, 3.63) is 35.8 Å². The molecule has 0 spiro atoms. The summed E-state index contributed by atoms with van der Waals surface area (Å²) in [6, 6.07) is 4.00. The highest BCUT2D eigenvalue weighted by Crippen LogP contribution is 2.06. The van der Waals surface area contributed by atoms with E-state index in [2.05, 4.69) is 4.98 Å². The van der Waals surface area contributed by atoms with Crippen LogP contribution in [0.4, 0.5) is 0 Å². The van der Waals surface area contributed by atoms with Gasteiger partial charge < -0.3 is 9.51 Å². The molecule has 3 heteroatoms. The Bertz CT molecular complexity index is 406. The molecule has 2 aromatic rings. The minimum Gasteiger partial charge on any atom is -0.390 e. The van der Waals surface area contributed by atoms with Gasteiger partial charge in [0.25, 0.3) is 0 Å². The van der Waals surface area contributed by atoms with Crippen LogP contribution in [0.2, 0.25) is 0 Å². The molecule has 62 valence electrons. The summed E-state index contributed by atoms with van der Waals surface area (Å²) in [6.45, 7) is 2.02. The Hall–Kier alpha value is -1.35. The number of imidazole rings is 1. The Balaban J connectivity index is 2.67. The van der Waals surface area contributed by atoms with Crippen LogP contribution in [0.3, 0.4) is 0 Å². The second kappa shape index (κ2) is 2.60. The van der Waals surface area contributed by atoms with Crippen LogP contribution in [0, 0.1) is 6.92 Å². The van der Waals surface area contributed by atoms with E-state index in [0.29, 0.717) is 5.69 Å². The summed E-state index contributed by atoms with van der Waals surface area (Å²) >= 11 is 0. The van der Waals surface area contributed by atoms with Crippen molar-refractivity contribution in [2.45, 2.75) is 13.5 Å². The van der Waals surface area contributed by atoms with E-state index >= 15 is 0 Å². The van der Waals surface area contributed by atoms with Crippen LogP contribution in [0.25, 0.3) is 5.65 Å². The highest BCUT2D eigenvalue weighted by Gasteiger charge is 1.98. The smallest absolute Gasteiger partial charge is 0.137 e. The number of nitrogens with zero attached hydrogens (tertiary/aromatic N) is 2. The van der Waals surface area contributed by atoms with E-state index in [9.17, 15) is 0 Å². The Labute approximate surface area is 70.3 Å². The van der Waals surface area contributed by atoms with E-state index in [4.69, 9.17) is 5.11 Å². The van der Waals surface area contributed by atoms with Gasteiger partial charge >= 0.3 is 0 Å². The lowest BCUT2D eigenvalue weighted by Gasteiger charge is -1.92. The van der Waals surface area contributed by atoms with Gasteiger partial charge in [0.1, 0.15) is 5.65 Å². The number of rotatable bonds is 1. The van der Waals surface area contributed by atoms with Crippen molar-refractivity contribution in [3.8, 4) is 0 Å². The lowest BCUT2D eigenvalue weighted by molar-refractivity contribution is 0.277. The van der Waals surface area contributed by atoms with Crippen LogP contribution >= 0.6 is 0 Å². The molecule has 2 heterocycles. The predicted octanol–water partition coefficient (Wildman–Crippen LogP) is 1.14. The largest absolute Gasteiger partial charge is 0.390 e. The Kier molecular flexibility index (Phi) is 1.59. The number of hydrogen-bond acceptors (Lipinski definition) is 2. The average Bonchev–Trinajstić information content (AvgIpc) is 2.46. The van der Waals surface area contributed by atoms with Crippen molar-refractivity contribution >= 4 is 5.65 Å². The van der Waals surface area contributed by atoms with Gasteiger partial charge in [0, 0.05) is 12.4 Å². The Morgan fingerprint density at radius 3 is 3.17 bits per heavy atom. The average molecular weight is 162 g/mol. The lowest BCUT2D eigenvalue weighted by Crippen LogP contribution is -1.81. The number of aromatic nitrogens is 2. The molecule has 0 saturated carbocycles. The predicted molar refractivity (Wildman–Crippen MR) is 45.9 cm³/mol. The zero-order valence-corrected chi connectivity index (χ0v) is 6.86. The molecule has 0 aliphatic rings. The minimum absolute atomic E-state index is 0.000722.